The maximum Gasteiger partial charge on any atom is 0.310 e. The molecular weight excluding hydrogens is 795 g/mol. The fourth-order valence-corrected chi connectivity index (χ4v) is 6.31. The Labute approximate surface area is 365 Å². The number of benzene rings is 2. The molecule has 342 valence electrons. The molecule has 4 amide bonds. The molecule has 0 aliphatic rings. The van der Waals surface area contributed by atoms with Crippen molar-refractivity contribution in [3.8, 4) is 11.5 Å². The van der Waals surface area contributed by atoms with E-state index in [9.17, 15) is 39.3 Å². The van der Waals surface area contributed by atoms with Crippen LogP contribution in [0.15, 0.2) is 77.8 Å². The minimum Gasteiger partial charge on any atom is -0.655 e. The summed E-state index contributed by atoms with van der Waals surface area (Å²) in [5.41, 5.74) is 17.8. The summed E-state index contributed by atoms with van der Waals surface area (Å²) in [5.74, 6) is -4.65. The molecule has 2 aromatic rings. The van der Waals surface area contributed by atoms with Crippen molar-refractivity contribution < 1.29 is 39.3 Å². The number of nitrogens with two attached hydrogens (primary N) is 3. The highest BCUT2D eigenvalue weighted by molar-refractivity contribution is 5.93. The number of aromatic hydroxyl groups is 2. The van der Waals surface area contributed by atoms with E-state index >= 15 is 0 Å². The van der Waals surface area contributed by atoms with Crippen molar-refractivity contribution >= 4 is 35.6 Å². The molecule has 8 unspecified atom stereocenters. The Bertz CT molecular complexity index is 1800. The number of unbranched alkanes of at least 4 members (excludes halogenated alkanes) is 1. The van der Waals surface area contributed by atoms with Gasteiger partial charge >= 0.3 is 5.97 Å². The Hall–Kier alpha value is -5.94. The van der Waals surface area contributed by atoms with Crippen molar-refractivity contribution in [3.05, 3.63) is 89.3 Å². The smallest absolute Gasteiger partial charge is 0.310 e. The van der Waals surface area contributed by atoms with E-state index in [1.807, 2.05) is 13.8 Å². The van der Waals surface area contributed by atoms with E-state index in [0.29, 0.717) is 31.4 Å². The number of carboxylic acid groups (broad SMARTS) is 1. The Kier molecular flexibility index (Phi) is 23.4. The van der Waals surface area contributed by atoms with Crippen LogP contribution in [0.3, 0.4) is 0 Å². The van der Waals surface area contributed by atoms with Gasteiger partial charge in [-0.3, -0.25) is 29.0 Å². The molecule has 0 aromatic heterocycles. The van der Waals surface area contributed by atoms with Crippen molar-refractivity contribution in [2.24, 2.45) is 39.9 Å². The number of amides is 4. The quantitative estimate of drug-likeness (QED) is 0.0257. The molecule has 0 bridgehead atoms. The van der Waals surface area contributed by atoms with Crippen LogP contribution in [-0.2, 0) is 36.8 Å². The van der Waals surface area contributed by atoms with Gasteiger partial charge in [0.2, 0.25) is 23.6 Å². The molecule has 0 saturated heterocycles. The van der Waals surface area contributed by atoms with Crippen molar-refractivity contribution in [3.63, 3.8) is 0 Å². The van der Waals surface area contributed by atoms with Crippen LogP contribution in [0.4, 0.5) is 0 Å². The number of phenols is 2. The Balaban J connectivity index is 2.45. The van der Waals surface area contributed by atoms with Crippen LogP contribution >= 0.6 is 0 Å². The summed E-state index contributed by atoms with van der Waals surface area (Å²) in [6, 6.07) is 8.77. The first-order valence-electron chi connectivity index (χ1n) is 21.2. The standard InChI is InChI=1S/C45H68N9O8/c1-6-28(2)37(52-40(57)30(4)49-5)23-18-34(26-31-13-19-35(55)20-14-31)41(58)54-39(27-32-15-21-36(56)22-16-32)43(60)53-38(11-7-8-24-46)42(59)51-29(3)12-17-33(44(61)62)10-9-25-50-45(47)48/h12-23,28-30,33-34,37-39,55-56H,6-11,24-27,46H2,1-5H3,(H,51,59)(H,52,57)(H,53,60)(H,54,58)(H,61,62)(H4,47,48,50)/q-1/b17-12+,23-18+. The van der Waals surface area contributed by atoms with E-state index in [1.165, 1.54) is 30.3 Å². The third kappa shape index (κ3) is 19.6. The third-order valence-corrected chi connectivity index (χ3v) is 10.5. The highest BCUT2D eigenvalue weighted by atomic mass is 16.4. The van der Waals surface area contributed by atoms with Crippen LogP contribution in [-0.4, -0.2) is 101 Å². The van der Waals surface area contributed by atoms with E-state index < -0.39 is 65.7 Å². The average molecular weight is 863 g/mol. The number of phenolic OH excluding ortho intramolecular Hbond substituents is 2. The van der Waals surface area contributed by atoms with E-state index in [1.54, 1.807) is 63.4 Å². The summed E-state index contributed by atoms with van der Waals surface area (Å²) < 4.78 is 0. The lowest BCUT2D eigenvalue weighted by Crippen LogP contribution is -2.55. The first-order chi connectivity index (χ1) is 29.5. The van der Waals surface area contributed by atoms with Crippen LogP contribution in [0.25, 0.3) is 5.32 Å². The highest BCUT2D eigenvalue weighted by Crippen LogP contribution is 2.19. The largest absolute Gasteiger partial charge is 0.655 e. The second-order valence-corrected chi connectivity index (χ2v) is 15.6. The van der Waals surface area contributed by atoms with Gasteiger partial charge in [0.05, 0.1) is 11.8 Å². The minimum atomic E-state index is -1.18. The predicted octanol–water partition coefficient (Wildman–Crippen LogP) is 2.89. The van der Waals surface area contributed by atoms with E-state index in [0.717, 1.165) is 12.0 Å². The van der Waals surface area contributed by atoms with Gasteiger partial charge in [-0.25, -0.2) is 0 Å². The zero-order valence-corrected chi connectivity index (χ0v) is 36.6. The van der Waals surface area contributed by atoms with Crippen LogP contribution in [0.5, 0.6) is 11.5 Å². The lowest BCUT2D eigenvalue weighted by atomic mass is 9.93. The molecular formula is C45H68N9O8-. The molecule has 0 radical (unpaired) electrons. The Morgan fingerprint density at radius 1 is 0.694 bits per heavy atom. The number of carbonyl (C=O) groups is 5. The van der Waals surface area contributed by atoms with E-state index in [2.05, 4.69) is 31.6 Å². The summed E-state index contributed by atoms with van der Waals surface area (Å²) in [6.45, 7) is 7.99. The second-order valence-electron chi connectivity index (χ2n) is 15.6. The van der Waals surface area contributed by atoms with Gasteiger partial charge in [0.25, 0.3) is 0 Å². The number of rotatable bonds is 28. The monoisotopic (exact) mass is 863 g/mol. The van der Waals surface area contributed by atoms with Crippen LogP contribution < -0.4 is 38.5 Å². The van der Waals surface area contributed by atoms with Crippen LogP contribution in [0, 0.1) is 17.8 Å². The fourth-order valence-electron chi connectivity index (χ4n) is 6.31. The van der Waals surface area contributed by atoms with Crippen molar-refractivity contribution in [1.29, 1.82) is 0 Å². The van der Waals surface area contributed by atoms with Gasteiger partial charge in [-0.1, -0.05) is 81.8 Å². The van der Waals surface area contributed by atoms with E-state index in [-0.39, 0.29) is 61.5 Å². The van der Waals surface area contributed by atoms with Gasteiger partial charge < -0.3 is 59.1 Å². The number of aliphatic carboxylic acids is 1. The lowest BCUT2D eigenvalue weighted by Gasteiger charge is -2.28. The summed E-state index contributed by atoms with van der Waals surface area (Å²) in [7, 11) is 1.56. The number of hydrogen-bond donors (Lipinski definition) is 10. The van der Waals surface area contributed by atoms with Gasteiger partial charge in [-0.15, -0.1) is 0 Å². The Morgan fingerprint density at radius 3 is 1.81 bits per heavy atom. The lowest BCUT2D eigenvalue weighted by molar-refractivity contribution is -0.140. The SMILES string of the molecule is CCC(C)C(/C=C/C(Cc1ccc(O)cc1)C(=O)NC(Cc1ccc(O)cc1)C(=O)NC(CCCCN)C(=O)NC(C)/C=C/C(CCCN=C(N)N)C(=O)O)NC(=O)C(C)[N-]C. The molecule has 13 N–H and O–H groups in total. The number of carbonyl (C=O) groups excluding carboxylic acids is 4. The molecule has 0 aliphatic carbocycles. The zero-order chi connectivity index (χ0) is 46.2. The molecule has 62 heavy (non-hydrogen) atoms. The maximum atomic E-state index is 14.4. The normalized spacial score (nSPS) is 15.3. The van der Waals surface area contributed by atoms with Gasteiger partial charge in [-0.2, -0.15) is 7.05 Å². The van der Waals surface area contributed by atoms with E-state index in [4.69, 9.17) is 17.2 Å². The summed E-state index contributed by atoms with van der Waals surface area (Å²) in [4.78, 5) is 71.1. The van der Waals surface area contributed by atoms with Gasteiger partial charge in [-0.05, 0) is 93.3 Å². The topological polar surface area (TPSA) is 299 Å². The van der Waals surface area contributed by atoms with Crippen molar-refractivity contribution in [2.75, 3.05) is 20.1 Å². The van der Waals surface area contributed by atoms with Crippen molar-refractivity contribution in [2.45, 2.75) is 109 Å². The van der Waals surface area contributed by atoms with Gasteiger partial charge in [0, 0.05) is 25.0 Å². The number of likely N-dealkylation sites (N-methyl/N-ethyl adjacent to an activating group) is 1. The Morgan fingerprint density at radius 2 is 1.26 bits per heavy atom. The van der Waals surface area contributed by atoms with Gasteiger partial charge in [0.1, 0.15) is 23.6 Å². The molecule has 2 rings (SSSR count). The summed E-state index contributed by atoms with van der Waals surface area (Å²) >= 11 is 0. The molecule has 0 fully saturated rings. The van der Waals surface area contributed by atoms with Crippen LogP contribution in [0.1, 0.15) is 77.3 Å². The predicted molar refractivity (Wildman–Crippen MR) is 241 cm³/mol. The molecule has 8 atom stereocenters. The third-order valence-electron chi connectivity index (χ3n) is 10.5. The average Bonchev–Trinajstić information content (AvgIpc) is 3.23. The number of aliphatic imine (C=N–C) groups is 1. The number of hydrogen-bond acceptors (Lipinski definition) is 9. The number of nitrogens with one attached hydrogen (secondary N) is 4. The van der Waals surface area contributed by atoms with Gasteiger partial charge in [0.15, 0.2) is 5.96 Å². The first kappa shape index (κ1) is 52.2. The summed E-state index contributed by atoms with van der Waals surface area (Å²) in [6.07, 6.45) is 9.50. The number of carboxylic acids is 1. The number of nitrogens with zero attached hydrogens (tertiary/aromatic N) is 2. The fraction of sp³-hybridized carbons (Fsp3) is 0.511. The molecule has 0 heterocycles. The second kappa shape index (κ2) is 27.8. The molecule has 17 heteroatoms. The molecule has 0 aliphatic heterocycles. The highest BCUT2D eigenvalue weighted by Gasteiger charge is 2.30. The van der Waals surface area contributed by atoms with Crippen LogP contribution in [0.2, 0.25) is 0 Å². The maximum absolute atomic E-state index is 14.4. The van der Waals surface area contributed by atoms with Crippen molar-refractivity contribution in [1.82, 2.24) is 21.3 Å². The molecule has 0 spiro atoms. The minimum absolute atomic E-state index is 0.00537. The zero-order valence-electron chi connectivity index (χ0n) is 36.6. The summed E-state index contributed by atoms with van der Waals surface area (Å²) in [5, 5.41) is 45.3. The molecule has 0 saturated carbocycles. The molecule has 17 nitrogen and oxygen atoms in total. The number of guanidine groups is 1. The molecule has 2 aromatic carbocycles. The first-order valence-corrected chi connectivity index (χ1v) is 21.2.